The molecule has 0 aliphatic carbocycles. The number of imide groups is 1. The molecule has 0 atom stereocenters. The second-order valence-electron chi connectivity index (χ2n) is 3.78. The number of phenolic OH excluding ortho intramolecular Hbond substituents is 1. The zero-order valence-corrected chi connectivity index (χ0v) is 10.5. The van der Waals surface area contributed by atoms with Crippen LogP contribution in [0.2, 0.25) is 5.02 Å². The van der Waals surface area contributed by atoms with Gasteiger partial charge in [-0.1, -0.05) is 35.9 Å². The van der Waals surface area contributed by atoms with E-state index in [1.54, 1.807) is 30.3 Å². The molecule has 2 rings (SSSR count). The Labute approximate surface area is 114 Å². The van der Waals surface area contributed by atoms with Gasteiger partial charge in [0.1, 0.15) is 5.75 Å². The third kappa shape index (κ3) is 2.92. The molecule has 2 amide bonds. The molecule has 0 aromatic heterocycles. The van der Waals surface area contributed by atoms with Gasteiger partial charge >= 0.3 is 0 Å². The van der Waals surface area contributed by atoms with Crippen molar-refractivity contribution in [1.82, 2.24) is 5.32 Å². The van der Waals surface area contributed by atoms with Crippen LogP contribution in [0.15, 0.2) is 48.5 Å². The van der Waals surface area contributed by atoms with E-state index in [1.165, 1.54) is 18.2 Å². The molecule has 0 heterocycles. The van der Waals surface area contributed by atoms with Gasteiger partial charge in [0.05, 0.1) is 16.1 Å². The molecule has 0 unspecified atom stereocenters. The predicted molar refractivity (Wildman–Crippen MR) is 71.4 cm³/mol. The van der Waals surface area contributed by atoms with Crippen LogP contribution in [0, 0.1) is 0 Å². The molecule has 2 aromatic rings. The molecule has 96 valence electrons. The van der Waals surface area contributed by atoms with Gasteiger partial charge in [0.25, 0.3) is 11.8 Å². The molecular formula is C14H10ClNO3. The molecule has 0 aliphatic rings. The summed E-state index contributed by atoms with van der Waals surface area (Å²) < 4.78 is 0. The largest absolute Gasteiger partial charge is 0.507 e. The Bertz CT molecular complexity index is 585. The normalized spacial score (nSPS) is 9.95. The van der Waals surface area contributed by atoms with Crippen molar-refractivity contribution in [3.63, 3.8) is 0 Å². The van der Waals surface area contributed by atoms with Crippen LogP contribution in [0.4, 0.5) is 0 Å². The number of benzene rings is 2. The Balaban J connectivity index is 2.19. The molecular weight excluding hydrogens is 266 g/mol. The van der Waals surface area contributed by atoms with Crippen LogP contribution in [0.1, 0.15) is 20.7 Å². The molecule has 2 aromatic carbocycles. The first kappa shape index (κ1) is 13.1. The predicted octanol–water partition coefficient (Wildman–Crippen LogP) is 2.62. The van der Waals surface area contributed by atoms with Gasteiger partial charge in [0.2, 0.25) is 0 Å². The maximum absolute atomic E-state index is 11.9. The summed E-state index contributed by atoms with van der Waals surface area (Å²) >= 11 is 5.86. The number of aromatic hydroxyl groups is 1. The molecule has 0 spiro atoms. The summed E-state index contributed by atoms with van der Waals surface area (Å²) in [4.78, 5) is 23.7. The average molecular weight is 276 g/mol. The second kappa shape index (κ2) is 5.54. The lowest BCUT2D eigenvalue weighted by atomic mass is 10.1. The molecule has 2 N–H and O–H groups in total. The van der Waals surface area contributed by atoms with Gasteiger partial charge in [0, 0.05) is 0 Å². The van der Waals surface area contributed by atoms with Gasteiger partial charge in [-0.25, -0.2) is 0 Å². The SMILES string of the molecule is O=C(NC(=O)c1ccccc1Cl)c1ccccc1O. The van der Waals surface area contributed by atoms with Crippen molar-refractivity contribution < 1.29 is 14.7 Å². The zero-order valence-electron chi connectivity index (χ0n) is 9.76. The summed E-state index contributed by atoms with van der Waals surface area (Å²) in [5, 5.41) is 11.9. The van der Waals surface area contributed by atoms with Crippen molar-refractivity contribution in [1.29, 1.82) is 0 Å². The fraction of sp³-hybridized carbons (Fsp3) is 0. The number of halogens is 1. The summed E-state index contributed by atoms with van der Waals surface area (Å²) in [6, 6.07) is 12.4. The van der Waals surface area contributed by atoms with Crippen LogP contribution in [-0.2, 0) is 0 Å². The van der Waals surface area contributed by atoms with E-state index in [4.69, 9.17) is 11.6 Å². The van der Waals surface area contributed by atoms with Crippen molar-refractivity contribution in [2.45, 2.75) is 0 Å². The Morgan fingerprint density at radius 3 is 2.05 bits per heavy atom. The maximum Gasteiger partial charge on any atom is 0.261 e. The summed E-state index contributed by atoms with van der Waals surface area (Å²) in [5.41, 5.74) is 0.232. The fourth-order valence-electron chi connectivity index (χ4n) is 1.55. The zero-order chi connectivity index (χ0) is 13.8. The maximum atomic E-state index is 11.9. The minimum atomic E-state index is -0.678. The van der Waals surface area contributed by atoms with Crippen molar-refractivity contribution >= 4 is 23.4 Å². The van der Waals surface area contributed by atoms with Crippen LogP contribution in [0.3, 0.4) is 0 Å². The number of carbonyl (C=O) groups is 2. The molecule has 0 saturated carbocycles. The van der Waals surface area contributed by atoms with Gasteiger partial charge in [-0.2, -0.15) is 0 Å². The molecule has 19 heavy (non-hydrogen) atoms. The third-order valence-corrected chi connectivity index (χ3v) is 2.82. The van der Waals surface area contributed by atoms with E-state index in [0.29, 0.717) is 0 Å². The Morgan fingerprint density at radius 1 is 0.895 bits per heavy atom. The number of para-hydroxylation sites is 1. The lowest BCUT2D eigenvalue weighted by molar-refractivity contribution is 0.0848. The van der Waals surface area contributed by atoms with E-state index >= 15 is 0 Å². The fourth-order valence-corrected chi connectivity index (χ4v) is 1.77. The number of carbonyl (C=O) groups excluding carboxylic acids is 2. The van der Waals surface area contributed by atoms with Gasteiger partial charge in [-0.05, 0) is 24.3 Å². The molecule has 5 heteroatoms. The molecule has 0 bridgehead atoms. The van der Waals surface area contributed by atoms with E-state index in [-0.39, 0.29) is 21.9 Å². The van der Waals surface area contributed by atoms with Gasteiger partial charge in [0.15, 0.2) is 0 Å². The lowest BCUT2D eigenvalue weighted by Crippen LogP contribution is -2.30. The van der Waals surface area contributed by atoms with Gasteiger partial charge in [-0.15, -0.1) is 0 Å². The average Bonchev–Trinajstić information content (AvgIpc) is 2.39. The Kier molecular flexibility index (Phi) is 3.82. The second-order valence-corrected chi connectivity index (χ2v) is 4.19. The van der Waals surface area contributed by atoms with E-state index in [9.17, 15) is 14.7 Å². The summed E-state index contributed by atoms with van der Waals surface area (Å²) in [7, 11) is 0. The third-order valence-electron chi connectivity index (χ3n) is 2.49. The number of hydrogen-bond acceptors (Lipinski definition) is 3. The number of phenols is 1. The van der Waals surface area contributed by atoms with E-state index < -0.39 is 11.8 Å². The quantitative estimate of drug-likeness (QED) is 0.828. The smallest absolute Gasteiger partial charge is 0.261 e. The van der Waals surface area contributed by atoms with E-state index in [1.807, 2.05) is 0 Å². The highest BCUT2D eigenvalue weighted by Crippen LogP contribution is 2.17. The lowest BCUT2D eigenvalue weighted by Gasteiger charge is -2.06. The molecule has 4 nitrogen and oxygen atoms in total. The highest BCUT2D eigenvalue weighted by atomic mass is 35.5. The minimum absolute atomic E-state index is 0.0305. The molecule has 0 saturated heterocycles. The standard InChI is InChI=1S/C14H10ClNO3/c15-11-7-3-1-5-9(11)13(18)16-14(19)10-6-2-4-8-12(10)17/h1-8,17H,(H,16,18,19). The minimum Gasteiger partial charge on any atom is -0.507 e. The van der Waals surface area contributed by atoms with Crippen LogP contribution < -0.4 is 5.32 Å². The van der Waals surface area contributed by atoms with Crippen molar-refractivity contribution in [2.75, 3.05) is 0 Å². The van der Waals surface area contributed by atoms with Crippen LogP contribution in [-0.4, -0.2) is 16.9 Å². The topological polar surface area (TPSA) is 66.4 Å². The number of nitrogens with one attached hydrogen (secondary N) is 1. The first-order chi connectivity index (χ1) is 9.09. The van der Waals surface area contributed by atoms with Crippen LogP contribution in [0.5, 0.6) is 5.75 Å². The van der Waals surface area contributed by atoms with Crippen LogP contribution >= 0.6 is 11.6 Å². The molecule has 0 radical (unpaired) electrons. The monoisotopic (exact) mass is 275 g/mol. The highest BCUT2D eigenvalue weighted by Gasteiger charge is 2.16. The number of rotatable bonds is 2. The molecule has 0 fully saturated rings. The van der Waals surface area contributed by atoms with Crippen LogP contribution in [0.25, 0.3) is 0 Å². The number of hydrogen-bond donors (Lipinski definition) is 2. The molecule has 0 aliphatic heterocycles. The first-order valence-corrected chi connectivity index (χ1v) is 5.85. The Hall–Kier alpha value is -2.33. The van der Waals surface area contributed by atoms with Gasteiger partial charge < -0.3 is 5.11 Å². The first-order valence-electron chi connectivity index (χ1n) is 5.48. The Morgan fingerprint density at radius 2 is 1.42 bits per heavy atom. The van der Waals surface area contributed by atoms with E-state index in [2.05, 4.69) is 5.32 Å². The van der Waals surface area contributed by atoms with Crippen molar-refractivity contribution in [2.24, 2.45) is 0 Å². The summed E-state index contributed by atoms with van der Waals surface area (Å²) in [6.07, 6.45) is 0. The highest BCUT2D eigenvalue weighted by molar-refractivity contribution is 6.34. The van der Waals surface area contributed by atoms with Crippen molar-refractivity contribution in [3.05, 3.63) is 64.7 Å². The summed E-state index contributed by atoms with van der Waals surface area (Å²) in [6.45, 7) is 0. The number of amides is 2. The van der Waals surface area contributed by atoms with E-state index in [0.717, 1.165) is 0 Å². The van der Waals surface area contributed by atoms with Crippen molar-refractivity contribution in [3.8, 4) is 5.75 Å². The van der Waals surface area contributed by atoms with Gasteiger partial charge in [-0.3, -0.25) is 14.9 Å². The summed E-state index contributed by atoms with van der Waals surface area (Å²) in [5.74, 6) is -1.48.